The molecule has 2 N–H and O–H groups in total. The number of primary amides is 1. The van der Waals surface area contributed by atoms with Gasteiger partial charge in [0.15, 0.2) is 0 Å². The van der Waals surface area contributed by atoms with Crippen molar-refractivity contribution in [3.63, 3.8) is 0 Å². The molecule has 6 nitrogen and oxygen atoms in total. The lowest BCUT2D eigenvalue weighted by molar-refractivity contribution is -0.144. The molecule has 2 aromatic rings. The van der Waals surface area contributed by atoms with Gasteiger partial charge in [-0.15, -0.1) is 0 Å². The number of halogens is 3. The summed E-state index contributed by atoms with van der Waals surface area (Å²) in [6, 6.07) is 1.47. The molecule has 9 heteroatoms. The van der Waals surface area contributed by atoms with Gasteiger partial charge in [0.05, 0.1) is 12.7 Å². The summed E-state index contributed by atoms with van der Waals surface area (Å²) in [6.45, 7) is 1.56. The monoisotopic (exact) mass is 314 g/mol. The maximum atomic E-state index is 13.0. The van der Waals surface area contributed by atoms with Crippen molar-refractivity contribution in [1.82, 2.24) is 14.3 Å². The van der Waals surface area contributed by atoms with Crippen molar-refractivity contribution in [2.45, 2.75) is 26.2 Å². The van der Waals surface area contributed by atoms with Crippen LogP contribution in [-0.4, -0.2) is 20.3 Å². The Balaban J connectivity index is 2.43. The summed E-state index contributed by atoms with van der Waals surface area (Å²) >= 11 is 0. The summed E-state index contributed by atoms with van der Waals surface area (Å²) < 4.78 is 40.9. The Morgan fingerprint density at radius 1 is 1.32 bits per heavy atom. The molecule has 0 atom stereocenters. The van der Waals surface area contributed by atoms with Crippen LogP contribution in [0.15, 0.2) is 29.3 Å². The Bertz CT molecular complexity index is 761. The SMILES string of the molecule is Cc1cnn(CCn2c(C(F)(F)F)ccc(C(N)=O)c2=O)c1. The van der Waals surface area contributed by atoms with E-state index in [1.54, 1.807) is 19.3 Å². The lowest BCUT2D eigenvalue weighted by Gasteiger charge is -2.16. The zero-order valence-electron chi connectivity index (χ0n) is 11.6. The third-order valence-corrected chi connectivity index (χ3v) is 3.05. The van der Waals surface area contributed by atoms with Gasteiger partial charge in [-0.05, 0) is 24.6 Å². The highest BCUT2D eigenvalue weighted by molar-refractivity contribution is 5.92. The minimum absolute atomic E-state index is 0.0546. The average Bonchev–Trinajstić information content (AvgIpc) is 2.81. The van der Waals surface area contributed by atoms with Crippen LogP contribution >= 0.6 is 0 Å². The Hall–Kier alpha value is -2.58. The molecule has 0 aliphatic carbocycles. The van der Waals surface area contributed by atoms with Crippen molar-refractivity contribution in [2.75, 3.05) is 0 Å². The lowest BCUT2D eigenvalue weighted by Crippen LogP contribution is -2.34. The highest BCUT2D eigenvalue weighted by atomic mass is 19.4. The van der Waals surface area contributed by atoms with Crippen molar-refractivity contribution in [2.24, 2.45) is 5.73 Å². The van der Waals surface area contributed by atoms with Crippen molar-refractivity contribution in [1.29, 1.82) is 0 Å². The molecule has 0 fully saturated rings. The van der Waals surface area contributed by atoms with Gasteiger partial charge >= 0.3 is 6.18 Å². The number of pyridine rings is 1. The summed E-state index contributed by atoms with van der Waals surface area (Å²) in [4.78, 5) is 23.2. The van der Waals surface area contributed by atoms with E-state index < -0.39 is 28.9 Å². The fraction of sp³-hybridized carbons (Fsp3) is 0.308. The van der Waals surface area contributed by atoms with Crippen LogP contribution in [0.25, 0.3) is 0 Å². The fourth-order valence-electron chi connectivity index (χ4n) is 2.03. The van der Waals surface area contributed by atoms with Crippen LogP contribution in [-0.2, 0) is 19.3 Å². The van der Waals surface area contributed by atoms with E-state index in [1.165, 1.54) is 4.68 Å². The van der Waals surface area contributed by atoms with E-state index in [0.717, 1.165) is 11.6 Å². The molecule has 1 amide bonds. The predicted molar refractivity (Wildman–Crippen MR) is 71.2 cm³/mol. The molecule has 118 valence electrons. The van der Waals surface area contributed by atoms with Crippen LogP contribution < -0.4 is 11.3 Å². The van der Waals surface area contributed by atoms with Gasteiger partial charge in [0.25, 0.3) is 11.5 Å². The standard InChI is InChI=1S/C13H13F3N4O2/c1-8-6-18-19(7-8)4-5-20-10(13(14,15)16)3-2-9(11(17)21)12(20)22/h2-3,6-7H,4-5H2,1H3,(H2,17,21). The molecule has 0 aromatic carbocycles. The molecule has 0 bridgehead atoms. The zero-order valence-corrected chi connectivity index (χ0v) is 11.6. The first-order valence-electron chi connectivity index (χ1n) is 6.30. The number of amides is 1. The minimum atomic E-state index is -4.71. The Labute approximate surface area is 123 Å². The molecule has 2 aromatic heterocycles. The maximum absolute atomic E-state index is 13.0. The van der Waals surface area contributed by atoms with E-state index in [-0.39, 0.29) is 13.1 Å². The second-order valence-electron chi connectivity index (χ2n) is 4.73. The number of rotatable bonds is 4. The van der Waals surface area contributed by atoms with Gasteiger partial charge in [0, 0.05) is 12.7 Å². The molecule has 0 saturated carbocycles. The highest BCUT2D eigenvalue weighted by Gasteiger charge is 2.35. The summed E-state index contributed by atoms with van der Waals surface area (Å²) in [5.41, 5.74) is 3.17. The van der Waals surface area contributed by atoms with Crippen molar-refractivity contribution in [3.8, 4) is 0 Å². The van der Waals surface area contributed by atoms with E-state index in [4.69, 9.17) is 5.73 Å². The third kappa shape index (κ3) is 3.18. The third-order valence-electron chi connectivity index (χ3n) is 3.05. The van der Waals surface area contributed by atoms with Crippen LogP contribution in [0.1, 0.15) is 21.6 Å². The number of carbonyl (C=O) groups is 1. The van der Waals surface area contributed by atoms with Crippen LogP contribution in [0.4, 0.5) is 13.2 Å². The molecule has 22 heavy (non-hydrogen) atoms. The smallest absolute Gasteiger partial charge is 0.365 e. The molecule has 0 aliphatic heterocycles. The average molecular weight is 314 g/mol. The first-order chi connectivity index (χ1) is 10.2. The number of hydrogen-bond acceptors (Lipinski definition) is 3. The molecule has 0 saturated heterocycles. The van der Waals surface area contributed by atoms with Gasteiger partial charge in [-0.3, -0.25) is 14.3 Å². The quantitative estimate of drug-likeness (QED) is 0.919. The van der Waals surface area contributed by atoms with E-state index >= 15 is 0 Å². The topological polar surface area (TPSA) is 82.9 Å². The van der Waals surface area contributed by atoms with Crippen molar-refractivity contribution in [3.05, 3.63) is 51.7 Å². The zero-order chi connectivity index (χ0) is 16.5. The molecular weight excluding hydrogens is 301 g/mol. The van der Waals surface area contributed by atoms with Crippen molar-refractivity contribution < 1.29 is 18.0 Å². The van der Waals surface area contributed by atoms with Crippen LogP contribution in [0.5, 0.6) is 0 Å². The highest BCUT2D eigenvalue weighted by Crippen LogP contribution is 2.28. The van der Waals surface area contributed by atoms with E-state index in [2.05, 4.69) is 5.10 Å². The summed E-state index contributed by atoms with van der Waals surface area (Å²) in [5, 5.41) is 3.94. The Morgan fingerprint density at radius 2 is 2.00 bits per heavy atom. The van der Waals surface area contributed by atoms with Gasteiger partial charge in [0.2, 0.25) is 0 Å². The second kappa shape index (κ2) is 5.66. The largest absolute Gasteiger partial charge is 0.431 e. The summed E-state index contributed by atoms with van der Waals surface area (Å²) in [7, 11) is 0. The van der Waals surface area contributed by atoms with Gasteiger partial charge < -0.3 is 10.3 Å². The number of alkyl halides is 3. The molecule has 0 aliphatic rings. The van der Waals surface area contributed by atoms with Gasteiger partial charge in [-0.2, -0.15) is 18.3 Å². The Morgan fingerprint density at radius 3 is 2.50 bits per heavy atom. The van der Waals surface area contributed by atoms with E-state index in [9.17, 15) is 22.8 Å². The van der Waals surface area contributed by atoms with E-state index in [0.29, 0.717) is 10.6 Å². The first kappa shape index (κ1) is 15.8. The molecule has 2 rings (SSSR count). The number of aromatic nitrogens is 3. The van der Waals surface area contributed by atoms with Gasteiger partial charge in [-0.25, -0.2) is 0 Å². The normalized spacial score (nSPS) is 11.6. The summed E-state index contributed by atoms with van der Waals surface area (Å²) in [5.74, 6) is -1.07. The number of hydrogen-bond donors (Lipinski definition) is 1. The maximum Gasteiger partial charge on any atom is 0.431 e. The number of aryl methyl sites for hydroxylation is 2. The molecular formula is C13H13F3N4O2. The number of nitrogens with two attached hydrogens (primary N) is 1. The fourth-order valence-corrected chi connectivity index (χ4v) is 2.03. The predicted octanol–water partition coefficient (Wildman–Crippen LogP) is 1.17. The van der Waals surface area contributed by atoms with Crippen LogP contribution in [0, 0.1) is 6.92 Å². The minimum Gasteiger partial charge on any atom is -0.365 e. The second-order valence-corrected chi connectivity index (χ2v) is 4.73. The first-order valence-corrected chi connectivity index (χ1v) is 6.30. The van der Waals surface area contributed by atoms with Crippen LogP contribution in [0.2, 0.25) is 0 Å². The molecule has 0 spiro atoms. The molecule has 0 radical (unpaired) electrons. The van der Waals surface area contributed by atoms with E-state index in [1.807, 2.05) is 0 Å². The number of carbonyl (C=O) groups excluding carboxylic acids is 1. The molecule has 0 unspecified atom stereocenters. The van der Waals surface area contributed by atoms with Crippen molar-refractivity contribution >= 4 is 5.91 Å². The lowest BCUT2D eigenvalue weighted by atomic mass is 10.2. The summed E-state index contributed by atoms with van der Waals surface area (Å²) in [6.07, 6.45) is -1.53. The van der Waals surface area contributed by atoms with Gasteiger partial charge in [-0.1, -0.05) is 0 Å². The molecule has 2 heterocycles. The van der Waals surface area contributed by atoms with Gasteiger partial charge in [0.1, 0.15) is 11.3 Å². The van der Waals surface area contributed by atoms with Crippen LogP contribution in [0.3, 0.4) is 0 Å². The Kier molecular flexibility index (Phi) is 4.07. The number of nitrogens with zero attached hydrogens (tertiary/aromatic N) is 3.